The van der Waals surface area contributed by atoms with E-state index in [-0.39, 0.29) is 17.5 Å². The van der Waals surface area contributed by atoms with Gasteiger partial charge >= 0.3 is 0 Å². The van der Waals surface area contributed by atoms with Crippen LogP contribution in [0.4, 0.5) is 5.69 Å². The molecule has 148 valence electrons. The molecule has 0 atom stereocenters. The van der Waals surface area contributed by atoms with Crippen LogP contribution in [0.15, 0.2) is 57.5 Å². The first-order valence-corrected chi connectivity index (χ1v) is 9.94. The summed E-state index contributed by atoms with van der Waals surface area (Å²) in [6, 6.07) is 13.5. The van der Waals surface area contributed by atoms with E-state index >= 15 is 0 Å². The van der Waals surface area contributed by atoms with Gasteiger partial charge in [-0.15, -0.1) is 0 Å². The predicted octanol–water partition coefficient (Wildman–Crippen LogP) is 4.43. The second-order valence-electron chi connectivity index (χ2n) is 6.84. The van der Waals surface area contributed by atoms with Gasteiger partial charge in [-0.05, 0) is 43.2 Å². The Morgan fingerprint density at radius 1 is 1.17 bits per heavy atom. The molecule has 0 saturated carbocycles. The number of carbonyl (C=O) groups is 1. The topological polar surface area (TPSA) is 102 Å². The number of nitrogens with zero attached hydrogens (tertiary/aromatic N) is 4. The zero-order chi connectivity index (χ0) is 20.4. The van der Waals surface area contributed by atoms with Gasteiger partial charge in [-0.1, -0.05) is 27.2 Å². The van der Waals surface area contributed by atoms with Crippen LogP contribution in [-0.4, -0.2) is 39.0 Å². The molecular weight excluding hydrogens is 440 g/mol. The molecule has 3 aromatic rings. The number of hydrogen-bond donors (Lipinski definition) is 0. The molecule has 2 aromatic carbocycles. The van der Waals surface area contributed by atoms with E-state index in [0.29, 0.717) is 43.2 Å². The van der Waals surface area contributed by atoms with Crippen LogP contribution in [0.3, 0.4) is 0 Å². The van der Waals surface area contributed by atoms with Crippen molar-refractivity contribution < 1.29 is 14.2 Å². The molecule has 1 aliphatic heterocycles. The van der Waals surface area contributed by atoms with Crippen LogP contribution in [0.25, 0.3) is 11.4 Å². The van der Waals surface area contributed by atoms with E-state index in [2.05, 4.69) is 26.1 Å². The maximum atomic E-state index is 12.7. The molecule has 1 fully saturated rings. The van der Waals surface area contributed by atoms with Gasteiger partial charge in [0.15, 0.2) is 0 Å². The fraction of sp³-hybridized carbons (Fsp3) is 0.250. The lowest BCUT2D eigenvalue weighted by molar-refractivity contribution is -0.384. The predicted molar refractivity (Wildman–Crippen MR) is 108 cm³/mol. The number of hydrogen-bond acceptors (Lipinski definition) is 6. The Bertz CT molecular complexity index is 1040. The third-order valence-corrected chi connectivity index (χ3v) is 5.51. The Balaban J connectivity index is 1.41. The van der Waals surface area contributed by atoms with E-state index in [4.69, 9.17) is 4.52 Å². The van der Waals surface area contributed by atoms with Gasteiger partial charge in [-0.3, -0.25) is 14.9 Å². The maximum absolute atomic E-state index is 12.7. The number of nitro benzene ring substituents is 1. The molecule has 0 N–H and O–H groups in total. The Kier molecular flexibility index (Phi) is 5.39. The Morgan fingerprint density at radius 3 is 2.59 bits per heavy atom. The van der Waals surface area contributed by atoms with Crippen LogP contribution in [0, 0.1) is 10.1 Å². The fourth-order valence-corrected chi connectivity index (χ4v) is 3.65. The van der Waals surface area contributed by atoms with Crippen molar-refractivity contribution in [1.82, 2.24) is 15.0 Å². The average molecular weight is 457 g/mol. The molecule has 0 radical (unpaired) electrons. The van der Waals surface area contributed by atoms with Crippen LogP contribution in [0.2, 0.25) is 0 Å². The largest absolute Gasteiger partial charge is 0.339 e. The minimum atomic E-state index is -0.498. The summed E-state index contributed by atoms with van der Waals surface area (Å²) < 4.78 is 6.44. The molecule has 1 saturated heterocycles. The molecule has 9 heteroatoms. The summed E-state index contributed by atoms with van der Waals surface area (Å²) >= 11 is 3.40. The van der Waals surface area contributed by atoms with Crippen LogP contribution in [0.5, 0.6) is 0 Å². The number of piperidine rings is 1. The van der Waals surface area contributed by atoms with Crippen molar-refractivity contribution in [1.29, 1.82) is 0 Å². The van der Waals surface area contributed by atoms with Crippen LogP contribution < -0.4 is 0 Å². The number of rotatable bonds is 4. The molecule has 29 heavy (non-hydrogen) atoms. The number of nitro groups is 1. The summed E-state index contributed by atoms with van der Waals surface area (Å²) in [4.78, 5) is 29.3. The Hall–Kier alpha value is -3.07. The van der Waals surface area contributed by atoms with Crippen molar-refractivity contribution in [2.45, 2.75) is 18.8 Å². The molecule has 4 rings (SSSR count). The van der Waals surface area contributed by atoms with Crippen molar-refractivity contribution in [2.24, 2.45) is 0 Å². The lowest BCUT2D eigenvalue weighted by atomic mass is 9.96. The average Bonchev–Trinajstić information content (AvgIpc) is 3.24. The van der Waals surface area contributed by atoms with Crippen LogP contribution >= 0.6 is 15.9 Å². The van der Waals surface area contributed by atoms with Gasteiger partial charge in [0.25, 0.3) is 11.6 Å². The van der Waals surface area contributed by atoms with Crippen LogP contribution in [0.1, 0.15) is 35.0 Å². The SMILES string of the molecule is O=C(c1cccc([N+](=O)[O-])c1)N1CCC(c2nc(-c3ccc(Br)cc3)no2)CC1. The number of carbonyl (C=O) groups excluding carboxylic acids is 1. The van der Waals surface area contributed by atoms with E-state index < -0.39 is 4.92 Å². The highest BCUT2D eigenvalue weighted by molar-refractivity contribution is 9.10. The molecule has 0 unspecified atom stereocenters. The van der Waals surface area contributed by atoms with Gasteiger partial charge in [-0.2, -0.15) is 4.98 Å². The second-order valence-corrected chi connectivity index (χ2v) is 7.75. The lowest BCUT2D eigenvalue weighted by Gasteiger charge is -2.30. The van der Waals surface area contributed by atoms with Crippen molar-refractivity contribution in [3.63, 3.8) is 0 Å². The van der Waals surface area contributed by atoms with Crippen molar-refractivity contribution in [2.75, 3.05) is 13.1 Å². The molecule has 1 aromatic heterocycles. The standard InChI is InChI=1S/C20H17BrN4O4/c21-16-6-4-13(5-7-16)18-22-19(29-23-18)14-8-10-24(11-9-14)20(26)15-2-1-3-17(12-15)25(27)28/h1-7,12,14H,8-11H2. The summed E-state index contributed by atoms with van der Waals surface area (Å²) in [5.41, 5.74) is 1.12. The Labute approximate surface area is 174 Å². The van der Waals surface area contributed by atoms with E-state index in [1.807, 2.05) is 24.3 Å². The lowest BCUT2D eigenvalue weighted by Crippen LogP contribution is -2.38. The molecular formula is C20H17BrN4O4. The van der Waals surface area contributed by atoms with Gasteiger partial charge in [0.05, 0.1) is 4.92 Å². The third kappa shape index (κ3) is 4.19. The van der Waals surface area contributed by atoms with E-state index in [9.17, 15) is 14.9 Å². The minimum Gasteiger partial charge on any atom is -0.339 e. The summed E-state index contributed by atoms with van der Waals surface area (Å²) in [6.07, 6.45) is 1.39. The van der Waals surface area contributed by atoms with Crippen LogP contribution in [-0.2, 0) is 0 Å². The summed E-state index contributed by atoms with van der Waals surface area (Å²) in [6.45, 7) is 1.06. The van der Waals surface area contributed by atoms with Crippen molar-refractivity contribution >= 4 is 27.5 Å². The quantitative estimate of drug-likeness (QED) is 0.424. The van der Waals surface area contributed by atoms with Gasteiger partial charge in [0, 0.05) is 46.7 Å². The van der Waals surface area contributed by atoms with E-state index in [0.717, 1.165) is 10.0 Å². The first kappa shape index (κ1) is 19.3. The molecule has 8 nitrogen and oxygen atoms in total. The van der Waals surface area contributed by atoms with Crippen molar-refractivity contribution in [3.05, 3.63) is 74.6 Å². The summed E-state index contributed by atoms with van der Waals surface area (Å²) in [5, 5.41) is 15.0. The summed E-state index contributed by atoms with van der Waals surface area (Å²) in [5.74, 6) is 1.00. The molecule has 2 heterocycles. The third-order valence-electron chi connectivity index (χ3n) is 4.98. The number of benzene rings is 2. The summed E-state index contributed by atoms with van der Waals surface area (Å²) in [7, 11) is 0. The van der Waals surface area contributed by atoms with Gasteiger partial charge in [0.2, 0.25) is 11.7 Å². The normalized spacial score (nSPS) is 14.7. The maximum Gasteiger partial charge on any atom is 0.270 e. The number of aromatic nitrogens is 2. The Morgan fingerprint density at radius 2 is 1.90 bits per heavy atom. The van der Waals surface area contributed by atoms with Gasteiger partial charge in [0.1, 0.15) is 0 Å². The highest BCUT2D eigenvalue weighted by atomic mass is 79.9. The zero-order valence-corrected chi connectivity index (χ0v) is 16.9. The molecule has 0 bridgehead atoms. The zero-order valence-electron chi connectivity index (χ0n) is 15.3. The molecule has 1 amide bonds. The second kappa shape index (κ2) is 8.12. The molecule has 0 aliphatic carbocycles. The van der Waals surface area contributed by atoms with Gasteiger partial charge < -0.3 is 9.42 Å². The molecule has 1 aliphatic rings. The number of non-ortho nitro benzene ring substituents is 1. The smallest absolute Gasteiger partial charge is 0.270 e. The first-order valence-electron chi connectivity index (χ1n) is 9.14. The fourth-order valence-electron chi connectivity index (χ4n) is 3.38. The minimum absolute atomic E-state index is 0.0841. The number of amides is 1. The molecule has 0 spiro atoms. The number of halogens is 1. The van der Waals surface area contributed by atoms with Gasteiger partial charge in [-0.25, -0.2) is 0 Å². The van der Waals surface area contributed by atoms with E-state index in [1.165, 1.54) is 18.2 Å². The highest BCUT2D eigenvalue weighted by Crippen LogP contribution is 2.29. The van der Waals surface area contributed by atoms with E-state index in [1.54, 1.807) is 11.0 Å². The monoisotopic (exact) mass is 456 g/mol. The number of likely N-dealkylation sites (tertiary alicyclic amines) is 1. The van der Waals surface area contributed by atoms with Crippen molar-refractivity contribution in [3.8, 4) is 11.4 Å². The first-order chi connectivity index (χ1) is 14.0. The highest BCUT2D eigenvalue weighted by Gasteiger charge is 2.28.